The predicted molar refractivity (Wildman–Crippen MR) is 106 cm³/mol. The lowest BCUT2D eigenvalue weighted by Crippen LogP contribution is -2.27. The molecule has 0 radical (unpaired) electrons. The van der Waals surface area contributed by atoms with Crippen LogP contribution in [0.1, 0.15) is 26.3 Å². The summed E-state index contributed by atoms with van der Waals surface area (Å²) in [7, 11) is 0. The molecule has 150 valence electrons. The number of hydrogen-bond donors (Lipinski definition) is 3. The second-order valence-electron chi connectivity index (χ2n) is 5.85. The standard InChI is InChI=1S/C9H7N3O3S.C9H8O4/c13-8-5-11(9(16)10-8)6-1-3-7(4-2-6)12(14)15;1-5-2-3-6(8(10)11)4-7(5)9(12)13/h1-4H,5H2,(H,10,13,16);2-4H,1H3,(H,10,11)(H,12,13). The van der Waals surface area contributed by atoms with Crippen molar-refractivity contribution in [3.05, 3.63) is 69.3 Å². The molecule has 0 unspecified atom stereocenters. The molecule has 29 heavy (non-hydrogen) atoms. The Balaban J connectivity index is 0.000000212. The second kappa shape index (κ2) is 8.89. The van der Waals surface area contributed by atoms with Crippen molar-refractivity contribution in [1.82, 2.24) is 5.32 Å². The number of hydrogen-bond acceptors (Lipinski definition) is 6. The minimum absolute atomic E-state index is 0.00755. The SMILES string of the molecule is Cc1ccc(C(=O)O)cc1C(=O)O.O=C1CN(c2ccc([N+](=O)[O-])cc2)C(=S)N1. The van der Waals surface area contributed by atoms with E-state index in [0.29, 0.717) is 16.4 Å². The molecule has 1 fully saturated rings. The van der Waals surface area contributed by atoms with Crippen molar-refractivity contribution < 1.29 is 29.5 Å². The number of anilines is 1. The van der Waals surface area contributed by atoms with Crippen molar-refractivity contribution in [3.8, 4) is 0 Å². The van der Waals surface area contributed by atoms with Crippen molar-refractivity contribution >= 4 is 46.6 Å². The third kappa shape index (κ3) is 5.32. The van der Waals surface area contributed by atoms with Crippen LogP contribution in [0.2, 0.25) is 0 Å². The van der Waals surface area contributed by atoms with E-state index in [1.807, 2.05) is 0 Å². The van der Waals surface area contributed by atoms with Gasteiger partial charge in [0.15, 0.2) is 5.11 Å². The van der Waals surface area contributed by atoms with E-state index in [1.54, 1.807) is 24.0 Å². The van der Waals surface area contributed by atoms with Gasteiger partial charge in [-0.15, -0.1) is 0 Å². The van der Waals surface area contributed by atoms with Crippen molar-refractivity contribution in [2.45, 2.75) is 6.92 Å². The lowest BCUT2D eigenvalue weighted by molar-refractivity contribution is -0.384. The van der Waals surface area contributed by atoms with Gasteiger partial charge < -0.3 is 20.4 Å². The van der Waals surface area contributed by atoms with Crippen LogP contribution in [0.25, 0.3) is 0 Å². The fourth-order valence-electron chi connectivity index (χ4n) is 2.39. The molecule has 10 nitrogen and oxygen atoms in total. The minimum atomic E-state index is -1.12. The molecule has 0 spiro atoms. The Hall–Kier alpha value is -3.86. The van der Waals surface area contributed by atoms with Crippen LogP contribution in [-0.2, 0) is 4.79 Å². The van der Waals surface area contributed by atoms with Crippen molar-refractivity contribution in [1.29, 1.82) is 0 Å². The van der Waals surface area contributed by atoms with Crippen LogP contribution in [-0.4, -0.2) is 44.6 Å². The van der Waals surface area contributed by atoms with Gasteiger partial charge in [0.1, 0.15) is 6.54 Å². The summed E-state index contributed by atoms with van der Waals surface area (Å²) >= 11 is 4.94. The van der Waals surface area contributed by atoms with E-state index in [2.05, 4.69) is 5.32 Å². The zero-order chi connectivity index (χ0) is 21.7. The number of nitro groups is 1. The van der Waals surface area contributed by atoms with Gasteiger partial charge in [-0.05, 0) is 49.0 Å². The van der Waals surface area contributed by atoms with Gasteiger partial charge in [-0.25, -0.2) is 9.59 Å². The number of amides is 1. The Labute approximate surface area is 169 Å². The molecule has 1 amide bonds. The largest absolute Gasteiger partial charge is 0.478 e. The van der Waals surface area contributed by atoms with E-state index in [9.17, 15) is 24.5 Å². The Morgan fingerprint density at radius 2 is 1.76 bits per heavy atom. The number of thiocarbonyl (C=S) groups is 1. The topological polar surface area (TPSA) is 150 Å². The first-order valence-electron chi connectivity index (χ1n) is 8.03. The number of aromatic carboxylic acids is 2. The zero-order valence-corrected chi connectivity index (χ0v) is 15.8. The highest BCUT2D eigenvalue weighted by Gasteiger charge is 2.24. The summed E-state index contributed by atoms with van der Waals surface area (Å²) in [5, 5.41) is 30.5. The van der Waals surface area contributed by atoms with E-state index in [4.69, 9.17) is 22.4 Å². The molecule has 1 heterocycles. The number of aryl methyl sites for hydroxylation is 1. The molecule has 0 atom stereocenters. The summed E-state index contributed by atoms with van der Waals surface area (Å²) in [6, 6.07) is 9.88. The van der Waals surface area contributed by atoms with E-state index in [0.717, 1.165) is 6.07 Å². The zero-order valence-electron chi connectivity index (χ0n) is 15.0. The molecular formula is C18H15N3O7S. The molecule has 3 N–H and O–H groups in total. The summed E-state index contributed by atoms with van der Waals surface area (Å²) in [6.07, 6.45) is 0. The Kier molecular flexibility index (Phi) is 6.57. The van der Waals surface area contributed by atoms with Gasteiger partial charge in [0.25, 0.3) is 5.69 Å². The van der Waals surface area contributed by atoms with Crippen LogP contribution in [0.4, 0.5) is 11.4 Å². The van der Waals surface area contributed by atoms with Gasteiger partial charge >= 0.3 is 11.9 Å². The number of nitrogens with one attached hydrogen (secondary N) is 1. The van der Waals surface area contributed by atoms with E-state index in [-0.39, 0.29) is 29.3 Å². The lowest BCUT2D eigenvalue weighted by Gasteiger charge is -2.14. The van der Waals surface area contributed by atoms with Crippen LogP contribution >= 0.6 is 12.2 Å². The summed E-state index contributed by atoms with van der Waals surface area (Å²) in [5.41, 5.74) is 1.24. The van der Waals surface area contributed by atoms with E-state index >= 15 is 0 Å². The molecule has 11 heteroatoms. The lowest BCUT2D eigenvalue weighted by atomic mass is 10.1. The third-order valence-electron chi connectivity index (χ3n) is 3.88. The Bertz CT molecular complexity index is 1010. The first-order valence-corrected chi connectivity index (χ1v) is 8.44. The number of benzene rings is 2. The molecule has 0 saturated carbocycles. The average Bonchev–Trinajstić information content (AvgIpc) is 3.00. The molecule has 1 saturated heterocycles. The Morgan fingerprint density at radius 1 is 1.14 bits per heavy atom. The molecule has 0 aliphatic carbocycles. The van der Waals surface area contributed by atoms with Gasteiger partial charge in [0, 0.05) is 17.8 Å². The summed E-state index contributed by atoms with van der Waals surface area (Å²) in [5.74, 6) is -2.41. The van der Waals surface area contributed by atoms with Gasteiger partial charge in [-0.1, -0.05) is 6.07 Å². The van der Waals surface area contributed by atoms with E-state index < -0.39 is 16.9 Å². The number of nitro benzene ring substituents is 1. The van der Waals surface area contributed by atoms with Crippen LogP contribution in [0.5, 0.6) is 0 Å². The quantitative estimate of drug-likeness (QED) is 0.386. The molecule has 0 aromatic heterocycles. The van der Waals surface area contributed by atoms with Crippen LogP contribution in [0.15, 0.2) is 42.5 Å². The number of non-ortho nitro benzene ring substituents is 1. The third-order valence-corrected chi connectivity index (χ3v) is 4.20. The summed E-state index contributed by atoms with van der Waals surface area (Å²) in [6.45, 7) is 1.77. The predicted octanol–water partition coefficient (Wildman–Crippen LogP) is 2.21. The van der Waals surface area contributed by atoms with Crippen molar-refractivity contribution in [2.75, 3.05) is 11.4 Å². The number of carbonyl (C=O) groups is 3. The maximum absolute atomic E-state index is 11.1. The summed E-state index contributed by atoms with van der Waals surface area (Å²) < 4.78 is 0. The fraction of sp³-hybridized carbons (Fsp3) is 0.111. The number of carboxylic acids is 2. The van der Waals surface area contributed by atoms with Crippen molar-refractivity contribution in [3.63, 3.8) is 0 Å². The molecule has 3 rings (SSSR count). The van der Waals surface area contributed by atoms with Crippen LogP contribution in [0, 0.1) is 17.0 Å². The number of rotatable bonds is 4. The Morgan fingerprint density at radius 3 is 2.21 bits per heavy atom. The maximum atomic E-state index is 11.1. The first kappa shape index (κ1) is 21.4. The van der Waals surface area contributed by atoms with Gasteiger partial charge in [0.05, 0.1) is 16.1 Å². The van der Waals surface area contributed by atoms with E-state index in [1.165, 1.54) is 24.3 Å². The number of carbonyl (C=O) groups excluding carboxylic acids is 1. The van der Waals surface area contributed by atoms with Crippen LogP contribution < -0.4 is 10.2 Å². The molecule has 2 aromatic carbocycles. The van der Waals surface area contributed by atoms with Crippen LogP contribution in [0.3, 0.4) is 0 Å². The minimum Gasteiger partial charge on any atom is -0.478 e. The maximum Gasteiger partial charge on any atom is 0.335 e. The highest BCUT2D eigenvalue weighted by atomic mass is 32.1. The number of carboxylic acid groups (broad SMARTS) is 2. The monoisotopic (exact) mass is 417 g/mol. The molecular weight excluding hydrogens is 402 g/mol. The fourth-order valence-corrected chi connectivity index (χ4v) is 2.67. The molecule has 0 bridgehead atoms. The average molecular weight is 417 g/mol. The highest BCUT2D eigenvalue weighted by Crippen LogP contribution is 2.20. The molecule has 2 aromatic rings. The summed E-state index contributed by atoms with van der Waals surface area (Å²) in [4.78, 5) is 43.7. The van der Waals surface area contributed by atoms with Gasteiger partial charge in [-0.3, -0.25) is 14.9 Å². The smallest absolute Gasteiger partial charge is 0.335 e. The number of nitrogens with zero attached hydrogens (tertiary/aromatic N) is 2. The first-order chi connectivity index (χ1) is 13.6. The molecule has 1 aliphatic rings. The van der Waals surface area contributed by atoms with Gasteiger partial charge in [0.2, 0.25) is 5.91 Å². The molecule has 1 aliphatic heterocycles. The van der Waals surface area contributed by atoms with Crippen molar-refractivity contribution in [2.24, 2.45) is 0 Å². The highest BCUT2D eigenvalue weighted by molar-refractivity contribution is 7.80. The second-order valence-corrected chi connectivity index (χ2v) is 6.24. The normalized spacial score (nSPS) is 12.7. The van der Waals surface area contributed by atoms with Gasteiger partial charge in [-0.2, -0.15) is 0 Å².